The molecule has 0 atom stereocenters. The van der Waals surface area contributed by atoms with Crippen LogP contribution < -0.4 is 9.80 Å². The Balaban J connectivity index is 1.30. The van der Waals surface area contributed by atoms with Gasteiger partial charge in [0.2, 0.25) is 0 Å². The minimum absolute atomic E-state index is 0.596. The molecule has 256 valence electrons. The van der Waals surface area contributed by atoms with Gasteiger partial charge in [0, 0.05) is 34.1 Å². The minimum Gasteiger partial charge on any atom is -0.310 e. The first-order valence-electron chi connectivity index (χ1n) is 18.4. The van der Waals surface area contributed by atoms with Gasteiger partial charge in [-0.05, 0) is 142 Å². The molecule has 4 heteroatoms. The van der Waals surface area contributed by atoms with Crippen LogP contribution in [-0.2, 0) is 5.41 Å². The van der Waals surface area contributed by atoms with Gasteiger partial charge in [-0.25, -0.2) is 0 Å². The van der Waals surface area contributed by atoms with Crippen molar-refractivity contribution in [1.82, 2.24) is 0 Å². The minimum atomic E-state index is -0.820. The molecule has 1 spiro atoms. The summed E-state index contributed by atoms with van der Waals surface area (Å²) in [5.74, 6) is 0. The first-order chi connectivity index (χ1) is 27.2. The second-order valence-electron chi connectivity index (χ2n) is 14.0. The number of fused-ring (bicyclic) bond motifs is 10. The van der Waals surface area contributed by atoms with E-state index in [0.717, 1.165) is 78.6 Å². The third-order valence-electron chi connectivity index (χ3n) is 11.1. The molecule has 8 aromatic carbocycles. The molecule has 2 aliphatic rings. The van der Waals surface area contributed by atoms with Crippen LogP contribution in [0.15, 0.2) is 194 Å². The van der Waals surface area contributed by atoms with E-state index < -0.39 is 5.41 Å². The molecular weight excluding hydrogens is 669 g/mol. The van der Waals surface area contributed by atoms with Crippen molar-refractivity contribution in [2.24, 2.45) is 0 Å². The molecule has 4 nitrogen and oxygen atoms in total. The van der Waals surface area contributed by atoms with Gasteiger partial charge in [-0.2, -0.15) is 10.5 Å². The van der Waals surface area contributed by atoms with E-state index >= 15 is 0 Å². The Bertz CT molecular complexity index is 2560. The number of anilines is 6. The normalized spacial score (nSPS) is 12.5. The Hall–Kier alpha value is -7.66. The molecule has 0 fully saturated rings. The smallest absolute Gasteiger partial charge is 0.0991 e. The largest absolute Gasteiger partial charge is 0.310 e. The fourth-order valence-electron chi connectivity index (χ4n) is 8.82. The van der Waals surface area contributed by atoms with E-state index in [0.29, 0.717) is 11.1 Å². The van der Waals surface area contributed by atoms with Gasteiger partial charge in [0.05, 0.1) is 28.7 Å². The molecule has 0 saturated heterocycles. The zero-order valence-electron chi connectivity index (χ0n) is 29.8. The van der Waals surface area contributed by atoms with Gasteiger partial charge in [0.25, 0.3) is 0 Å². The molecule has 0 saturated carbocycles. The highest BCUT2D eigenvalue weighted by molar-refractivity contribution is 5.98. The third-order valence-corrected chi connectivity index (χ3v) is 11.1. The first kappa shape index (κ1) is 32.0. The van der Waals surface area contributed by atoms with Crippen molar-refractivity contribution in [2.45, 2.75) is 5.41 Å². The predicted octanol–water partition coefficient (Wildman–Crippen LogP) is 12.7. The Morgan fingerprint density at radius 1 is 0.309 bits per heavy atom. The standard InChI is InChI=1S/C51H32N4/c52-33-35-21-25-43-45-27-23-41(54(37-13-5-1-6-14-37)38-15-7-2-8-16-38)31-49(45)51(47(43)29-35)48-30-36(34-53)22-26-44(48)46-28-24-42(32-50(46)51)55(39-17-9-3-10-18-39)40-19-11-4-12-20-40/h1-32H. The highest BCUT2D eigenvalue weighted by Gasteiger charge is 2.52. The lowest BCUT2D eigenvalue weighted by Gasteiger charge is -2.33. The zero-order valence-corrected chi connectivity index (χ0v) is 29.8. The molecule has 8 aromatic rings. The maximum absolute atomic E-state index is 10.3. The van der Waals surface area contributed by atoms with E-state index in [1.165, 1.54) is 0 Å². The Morgan fingerprint density at radius 3 is 0.909 bits per heavy atom. The van der Waals surface area contributed by atoms with Crippen molar-refractivity contribution < 1.29 is 0 Å². The van der Waals surface area contributed by atoms with E-state index in [-0.39, 0.29) is 0 Å². The Labute approximate surface area is 320 Å². The van der Waals surface area contributed by atoms with Gasteiger partial charge >= 0.3 is 0 Å². The highest BCUT2D eigenvalue weighted by Crippen LogP contribution is 2.64. The van der Waals surface area contributed by atoms with Crippen LogP contribution in [0.25, 0.3) is 22.3 Å². The lowest BCUT2D eigenvalue weighted by atomic mass is 9.70. The number of para-hydroxylation sites is 4. The fraction of sp³-hybridized carbons (Fsp3) is 0.0196. The summed E-state index contributed by atoms with van der Waals surface area (Å²) in [6, 6.07) is 72.4. The number of hydrogen-bond acceptors (Lipinski definition) is 4. The van der Waals surface area contributed by atoms with Crippen LogP contribution >= 0.6 is 0 Å². The first-order valence-corrected chi connectivity index (χ1v) is 18.4. The van der Waals surface area contributed by atoms with Crippen molar-refractivity contribution in [2.75, 3.05) is 9.80 Å². The van der Waals surface area contributed by atoms with Crippen LogP contribution in [0.1, 0.15) is 33.4 Å². The molecule has 0 heterocycles. The maximum atomic E-state index is 10.3. The zero-order chi connectivity index (χ0) is 36.9. The van der Waals surface area contributed by atoms with Gasteiger partial charge in [0.1, 0.15) is 0 Å². The number of benzene rings is 8. The molecule has 0 aromatic heterocycles. The Morgan fingerprint density at radius 2 is 0.600 bits per heavy atom. The summed E-state index contributed by atoms with van der Waals surface area (Å²) in [5, 5.41) is 20.6. The highest BCUT2D eigenvalue weighted by atomic mass is 15.1. The molecule has 0 aliphatic heterocycles. The molecule has 0 N–H and O–H groups in total. The molecule has 0 bridgehead atoms. The van der Waals surface area contributed by atoms with E-state index in [9.17, 15) is 10.5 Å². The molecular formula is C51H32N4. The van der Waals surface area contributed by atoms with Crippen LogP contribution in [0.2, 0.25) is 0 Å². The van der Waals surface area contributed by atoms with E-state index in [2.05, 4.69) is 180 Å². The third kappa shape index (κ3) is 4.90. The maximum Gasteiger partial charge on any atom is 0.0991 e. The van der Waals surface area contributed by atoms with Crippen molar-refractivity contribution in [3.63, 3.8) is 0 Å². The Kier molecular flexibility index (Phi) is 7.44. The second kappa shape index (κ2) is 12.8. The monoisotopic (exact) mass is 700 g/mol. The second-order valence-corrected chi connectivity index (χ2v) is 14.0. The average molecular weight is 701 g/mol. The molecule has 55 heavy (non-hydrogen) atoms. The predicted molar refractivity (Wildman–Crippen MR) is 222 cm³/mol. The van der Waals surface area contributed by atoms with Crippen LogP contribution in [0.3, 0.4) is 0 Å². The van der Waals surface area contributed by atoms with Crippen LogP contribution in [0.5, 0.6) is 0 Å². The summed E-state index contributed by atoms with van der Waals surface area (Å²) < 4.78 is 0. The van der Waals surface area contributed by atoms with E-state index in [1.807, 2.05) is 36.4 Å². The van der Waals surface area contributed by atoms with E-state index in [1.54, 1.807) is 0 Å². The number of nitrogens with zero attached hydrogens (tertiary/aromatic N) is 4. The average Bonchev–Trinajstić information content (AvgIpc) is 3.71. The van der Waals surface area contributed by atoms with Crippen molar-refractivity contribution >= 4 is 34.1 Å². The topological polar surface area (TPSA) is 54.1 Å². The SMILES string of the molecule is N#Cc1ccc2c(c1)C1(c3cc(C#N)ccc3-c3ccc(N(c4ccccc4)c4ccccc4)cc31)c1cc(N(c3ccccc3)c3ccccc3)ccc1-2. The summed E-state index contributed by atoms with van der Waals surface area (Å²) in [6.45, 7) is 0. The van der Waals surface area contributed by atoms with Gasteiger partial charge in [-0.15, -0.1) is 0 Å². The van der Waals surface area contributed by atoms with Crippen molar-refractivity contribution in [1.29, 1.82) is 10.5 Å². The molecule has 10 rings (SSSR count). The molecule has 2 aliphatic carbocycles. The number of rotatable bonds is 6. The number of nitriles is 2. The quantitative estimate of drug-likeness (QED) is 0.173. The molecule has 0 amide bonds. The van der Waals surface area contributed by atoms with Crippen LogP contribution in [-0.4, -0.2) is 0 Å². The molecule has 0 radical (unpaired) electrons. The lowest BCUT2D eigenvalue weighted by molar-refractivity contribution is 0.792. The van der Waals surface area contributed by atoms with Crippen molar-refractivity contribution in [3.8, 4) is 34.4 Å². The summed E-state index contributed by atoms with van der Waals surface area (Å²) in [5.41, 5.74) is 15.3. The van der Waals surface area contributed by atoms with Crippen LogP contribution in [0.4, 0.5) is 34.1 Å². The fourth-order valence-corrected chi connectivity index (χ4v) is 8.82. The summed E-state index contributed by atoms with van der Waals surface area (Å²) in [4.78, 5) is 4.59. The summed E-state index contributed by atoms with van der Waals surface area (Å²) >= 11 is 0. The van der Waals surface area contributed by atoms with E-state index in [4.69, 9.17) is 0 Å². The lowest BCUT2D eigenvalue weighted by Crippen LogP contribution is -2.27. The van der Waals surface area contributed by atoms with Gasteiger partial charge in [-0.1, -0.05) is 97.1 Å². The van der Waals surface area contributed by atoms with Gasteiger partial charge in [0.15, 0.2) is 0 Å². The summed E-state index contributed by atoms with van der Waals surface area (Å²) in [7, 11) is 0. The van der Waals surface area contributed by atoms with Gasteiger partial charge < -0.3 is 9.80 Å². The summed E-state index contributed by atoms with van der Waals surface area (Å²) in [6.07, 6.45) is 0. The molecule has 0 unspecified atom stereocenters. The van der Waals surface area contributed by atoms with Crippen molar-refractivity contribution in [3.05, 3.63) is 228 Å². The van der Waals surface area contributed by atoms with Crippen LogP contribution in [0, 0.1) is 22.7 Å². The number of hydrogen-bond donors (Lipinski definition) is 0. The van der Waals surface area contributed by atoms with Gasteiger partial charge in [-0.3, -0.25) is 0 Å².